The van der Waals surface area contributed by atoms with Crippen LogP contribution >= 0.6 is 0 Å². The number of aryl methyl sites for hydroxylation is 2. The van der Waals surface area contributed by atoms with Gasteiger partial charge in [-0.15, -0.1) is 0 Å². The lowest BCUT2D eigenvalue weighted by atomic mass is 10.1. The highest BCUT2D eigenvalue weighted by Gasteiger charge is 2.16. The molecule has 4 aromatic rings. The van der Waals surface area contributed by atoms with Gasteiger partial charge in [-0.3, -0.25) is 9.59 Å². The molecule has 172 valence electrons. The number of rotatable bonds is 8. The molecule has 0 radical (unpaired) electrons. The Morgan fingerprint density at radius 2 is 1.94 bits per heavy atom. The van der Waals surface area contributed by atoms with Crippen LogP contribution in [0.2, 0.25) is 0 Å². The Hall–Kier alpha value is -4.52. The third-order valence-electron chi connectivity index (χ3n) is 5.34. The highest BCUT2D eigenvalue weighted by molar-refractivity contribution is 5.78. The Bertz CT molecular complexity index is 1430. The minimum Gasteiger partial charge on any atom is -0.382 e. The number of carbonyl (C=O) groups excluding carboxylic acids is 1. The molecule has 0 atom stereocenters. The SMILES string of the molecule is N#Cc1c(CCCNC(=O)CCc2nc3ccccc3c(=O)[nH]2)nn(-c2ccc(F)cc2)c1N. The number of nitrogens with one attached hydrogen (secondary N) is 2. The van der Waals surface area contributed by atoms with Gasteiger partial charge >= 0.3 is 0 Å². The molecule has 4 rings (SSSR count). The second-order valence-corrected chi connectivity index (χ2v) is 7.69. The van der Waals surface area contributed by atoms with Crippen molar-refractivity contribution in [2.45, 2.75) is 25.7 Å². The summed E-state index contributed by atoms with van der Waals surface area (Å²) in [6.07, 6.45) is 1.46. The van der Waals surface area contributed by atoms with Crippen LogP contribution in [-0.4, -0.2) is 32.2 Å². The number of hydrogen-bond acceptors (Lipinski definition) is 6. The second-order valence-electron chi connectivity index (χ2n) is 7.69. The van der Waals surface area contributed by atoms with E-state index in [2.05, 4.69) is 26.5 Å². The topological polar surface area (TPSA) is 142 Å². The lowest BCUT2D eigenvalue weighted by Gasteiger charge is -2.05. The second kappa shape index (κ2) is 9.95. The molecule has 34 heavy (non-hydrogen) atoms. The molecule has 10 heteroatoms. The number of aromatic nitrogens is 4. The minimum absolute atomic E-state index is 0.173. The highest BCUT2D eigenvalue weighted by atomic mass is 19.1. The van der Waals surface area contributed by atoms with Crippen LogP contribution in [0.3, 0.4) is 0 Å². The Morgan fingerprint density at radius 1 is 1.18 bits per heavy atom. The first-order chi connectivity index (χ1) is 16.5. The molecule has 0 unspecified atom stereocenters. The summed E-state index contributed by atoms with van der Waals surface area (Å²) < 4.78 is 14.6. The van der Waals surface area contributed by atoms with E-state index >= 15 is 0 Å². The number of nitriles is 1. The quantitative estimate of drug-likeness (QED) is 0.345. The molecule has 2 aromatic heterocycles. The number of amides is 1. The minimum atomic E-state index is -0.381. The zero-order valence-electron chi connectivity index (χ0n) is 18.2. The van der Waals surface area contributed by atoms with Crippen molar-refractivity contribution in [2.24, 2.45) is 0 Å². The summed E-state index contributed by atoms with van der Waals surface area (Å²) in [4.78, 5) is 31.4. The van der Waals surface area contributed by atoms with Crippen LogP contribution in [0, 0.1) is 17.1 Å². The summed E-state index contributed by atoms with van der Waals surface area (Å²) in [6.45, 7) is 0.384. The molecule has 0 spiro atoms. The molecular weight excluding hydrogens is 437 g/mol. The lowest BCUT2D eigenvalue weighted by molar-refractivity contribution is -0.121. The molecule has 0 saturated heterocycles. The zero-order valence-corrected chi connectivity index (χ0v) is 18.2. The van der Waals surface area contributed by atoms with Gasteiger partial charge in [-0.2, -0.15) is 10.4 Å². The van der Waals surface area contributed by atoms with Crippen LogP contribution in [0.1, 0.15) is 29.9 Å². The summed E-state index contributed by atoms with van der Waals surface area (Å²) in [5.41, 5.74) is 7.75. The Balaban J connectivity index is 1.30. The number of halogens is 1. The largest absolute Gasteiger partial charge is 0.382 e. The molecule has 2 aromatic carbocycles. The van der Waals surface area contributed by atoms with Crippen molar-refractivity contribution in [3.63, 3.8) is 0 Å². The van der Waals surface area contributed by atoms with Crippen LogP contribution in [-0.2, 0) is 17.6 Å². The van der Waals surface area contributed by atoms with Gasteiger partial charge in [0.25, 0.3) is 5.56 Å². The number of anilines is 1. The van der Waals surface area contributed by atoms with E-state index in [4.69, 9.17) is 5.73 Å². The molecule has 0 fully saturated rings. The van der Waals surface area contributed by atoms with Crippen LogP contribution in [0.25, 0.3) is 16.6 Å². The van der Waals surface area contributed by atoms with Gasteiger partial charge in [0.15, 0.2) is 0 Å². The summed E-state index contributed by atoms with van der Waals surface area (Å²) in [6, 6.07) is 14.7. The van der Waals surface area contributed by atoms with E-state index in [9.17, 15) is 19.2 Å². The van der Waals surface area contributed by atoms with Crippen LogP contribution < -0.4 is 16.6 Å². The van der Waals surface area contributed by atoms with E-state index in [0.29, 0.717) is 53.9 Å². The number of nitrogens with two attached hydrogens (primary N) is 1. The molecule has 0 saturated carbocycles. The van der Waals surface area contributed by atoms with Crippen molar-refractivity contribution in [1.29, 1.82) is 5.26 Å². The van der Waals surface area contributed by atoms with Crippen molar-refractivity contribution < 1.29 is 9.18 Å². The first-order valence-electron chi connectivity index (χ1n) is 10.7. The smallest absolute Gasteiger partial charge is 0.258 e. The van der Waals surface area contributed by atoms with Crippen molar-refractivity contribution >= 4 is 22.6 Å². The third-order valence-corrected chi connectivity index (χ3v) is 5.34. The molecule has 2 heterocycles. The summed E-state index contributed by atoms with van der Waals surface area (Å²) in [5, 5.41) is 17.2. The predicted octanol–water partition coefficient (Wildman–Crippen LogP) is 2.38. The average Bonchev–Trinajstić information content (AvgIpc) is 3.16. The highest BCUT2D eigenvalue weighted by Crippen LogP contribution is 2.21. The van der Waals surface area contributed by atoms with Gasteiger partial charge < -0.3 is 16.0 Å². The number of fused-ring (bicyclic) bond motifs is 1. The number of aromatic amines is 1. The zero-order chi connectivity index (χ0) is 24.1. The van der Waals surface area contributed by atoms with Crippen LogP contribution in [0.5, 0.6) is 0 Å². The third kappa shape index (κ3) is 4.94. The Morgan fingerprint density at radius 3 is 2.71 bits per heavy atom. The Labute approximate surface area is 194 Å². The van der Waals surface area contributed by atoms with Crippen molar-refractivity contribution in [2.75, 3.05) is 12.3 Å². The summed E-state index contributed by atoms with van der Waals surface area (Å²) in [5.74, 6) is 0.0886. The molecule has 0 aliphatic carbocycles. The van der Waals surface area contributed by atoms with Gasteiger partial charge in [-0.1, -0.05) is 12.1 Å². The number of hydrogen-bond donors (Lipinski definition) is 3. The number of para-hydroxylation sites is 1. The van der Waals surface area contributed by atoms with Gasteiger partial charge in [0.1, 0.15) is 29.1 Å². The fourth-order valence-corrected chi connectivity index (χ4v) is 3.61. The molecule has 0 aliphatic rings. The average molecular weight is 459 g/mol. The van der Waals surface area contributed by atoms with E-state index in [1.165, 1.54) is 28.9 Å². The maximum Gasteiger partial charge on any atom is 0.258 e. The molecular formula is C24H22FN7O2. The number of H-pyrrole nitrogens is 1. The van der Waals surface area contributed by atoms with Crippen LogP contribution in [0.4, 0.5) is 10.2 Å². The summed E-state index contributed by atoms with van der Waals surface area (Å²) in [7, 11) is 0. The van der Waals surface area contributed by atoms with Gasteiger partial charge in [0.05, 0.1) is 22.3 Å². The van der Waals surface area contributed by atoms with E-state index < -0.39 is 0 Å². The first kappa shape index (κ1) is 22.7. The first-order valence-corrected chi connectivity index (χ1v) is 10.7. The molecule has 9 nitrogen and oxygen atoms in total. The predicted molar refractivity (Wildman–Crippen MR) is 125 cm³/mol. The van der Waals surface area contributed by atoms with Gasteiger partial charge in [-0.05, 0) is 49.2 Å². The lowest BCUT2D eigenvalue weighted by Crippen LogP contribution is -2.25. The fraction of sp³-hybridized carbons (Fsp3) is 0.208. The van der Waals surface area contributed by atoms with Gasteiger partial charge in [0, 0.05) is 19.4 Å². The summed E-state index contributed by atoms with van der Waals surface area (Å²) >= 11 is 0. The maximum absolute atomic E-state index is 13.2. The monoisotopic (exact) mass is 459 g/mol. The van der Waals surface area contributed by atoms with E-state index in [0.717, 1.165) is 0 Å². The maximum atomic E-state index is 13.2. The van der Waals surface area contributed by atoms with Crippen LogP contribution in [0.15, 0.2) is 53.3 Å². The number of nitrogens with zero attached hydrogens (tertiary/aromatic N) is 4. The van der Waals surface area contributed by atoms with Gasteiger partial charge in [-0.25, -0.2) is 14.1 Å². The molecule has 0 bridgehead atoms. The van der Waals surface area contributed by atoms with E-state index in [1.54, 1.807) is 24.3 Å². The molecule has 1 amide bonds. The Kier molecular flexibility index (Phi) is 6.64. The fourth-order valence-electron chi connectivity index (χ4n) is 3.61. The molecule has 0 aliphatic heterocycles. The van der Waals surface area contributed by atoms with Crippen molar-refractivity contribution in [1.82, 2.24) is 25.1 Å². The normalized spacial score (nSPS) is 10.8. The standard InChI is InChI=1S/C24H22FN7O2/c25-15-7-9-16(10-8-15)32-23(27)18(14-26)20(31-32)6-3-13-28-22(33)12-11-21-29-19-5-2-1-4-17(19)24(34)30-21/h1-2,4-5,7-10H,3,6,11-13,27H2,(H,28,33)(H,29,30,34). The van der Waals surface area contributed by atoms with Gasteiger partial charge in [0.2, 0.25) is 5.91 Å². The van der Waals surface area contributed by atoms with Crippen molar-refractivity contribution in [3.05, 3.63) is 81.8 Å². The number of benzene rings is 2. The van der Waals surface area contributed by atoms with Crippen molar-refractivity contribution in [3.8, 4) is 11.8 Å². The number of carbonyl (C=O) groups is 1. The van der Waals surface area contributed by atoms with E-state index in [-0.39, 0.29) is 35.1 Å². The molecule has 4 N–H and O–H groups in total. The number of nitrogen functional groups attached to an aromatic ring is 1. The van der Waals surface area contributed by atoms with E-state index in [1.807, 2.05) is 0 Å².